The van der Waals surface area contributed by atoms with E-state index in [0.717, 1.165) is 16.7 Å². The van der Waals surface area contributed by atoms with Gasteiger partial charge in [0.2, 0.25) is 0 Å². The molecule has 1 atom stereocenters. The highest BCUT2D eigenvalue weighted by Gasteiger charge is 2.13. The Kier molecular flexibility index (Phi) is 7.04. The molecule has 1 N–H and O–H groups in total. The molecule has 0 spiro atoms. The lowest BCUT2D eigenvalue weighted by atomic mass is 10.1. The number of aryl methyl sites for hydroxylation is 2. The number of ether oxygens (including phenoxy) is 2. The van der Waals surface area contributed by atoms with Gasteiger partial charge in [-0.3, -0.25) is 4.79 Å². The van der Waals surface area contributed by atoms with Crippen molar-refractivity contribution in [3.05, 3.63) is 64.2 Å². The zero-order valence-electron chi connectivity index (χ0n) is 15.0. The molecule has 0 bridgehead atoms. The minimum absolute atomic E-state index is 0.244. The highest BCUT2D eigenvalue weighted by Crippen LogP contribution is 2.17. The summed E-state index contributed by atoms with van der Waals surface area (Å²) < 4.78 is 10.3. The van der Waals surface area contributed by atoms with Gasteiger partial charge in [-0.25, -0.2) is 4.79 Å². The minimum atomic E-state index is -0.602. The number of amides is 1. The molecule has 0 aliphatic rings. The molecule has 0 heterocycles. The number of esters is 1. The summed E-state index contributed by atoms with van der Waals surface area (Å²) in [6.07, 6.45) is 0. The van der Waals surface area contributed by atoms with Crippen LogP contribution in [0.2, 0.25) is 5.02 Å². The van der Waals surface area contributed by atoms with Gasteiger partial charge in [-0.1, -0.05) is 29.8 Å². The first kappa shape index (κ1) is 19.8. The second-order valence-electron chi connectivity index (χ2n) is 6.12. The van der Waals surface area contributed by atoms with Gasteiger partial charge in [0.05, 0.1) is 6.04 Å². The number of rotatable bonds is 7. The molecule has 5 nitrogen and oxygen atoms in total. The van der Waals surface area contributed by atoms with E-state index in [9.17, 15) is 9.59 Å². The van der Waals surface area contributed by atoms with E-state index in [4.69, 9.17) is 21.1 Å². The highest BCUT2D eigenvalue weighted by molar-refractivity contribution is 6.30. The molecule has 0 saturated carbocycles. The lowest BCUT2D eigenvalue weighted by molar-refractivity contribution is -0.150. The van der Waals surface area contributed by atoms with E-state index in [-0.39, 0.29) is 19.3 Å². The van der Waals surface area contributed by atoms with Crippen LogP contribution in [0.3, 0.4) is 0 Å². The van der Waals surface area contributed by atoms with Crippen molar-refractivity contribution >= 4 is 23.5 Å². The average molecular weight is 376 g/mol. The van der Waals surface area contributed by atoms with Crippen molar-refractivity contribution in [2.75, 3.05) is 13.2 Å². The van der Waals surface area contributed by atoms with E-state index in [2.05, 4.69) is 5.32 Å². The van der Waals surface area contributed by atoms with Crippen molar-refractivity contribution in [3.63, 3.8) is 0 Å². The van der Waals surface area contributed by atoms with Crippen molar-refractivity contribution in [2.24, 2.45) is 0 Å². The molecule has 26 heavy (non-hydrogen) atoms. The maximum absolute atomic E-state index is 11.9. The van der Waals surface area contributed by atoms with Crippen LogP contribution in [0.5, 0.6) is 5.75 Å². The molecule has 0 aliphatic heterocycles. The molecule has 0 fully saturated rings. The van der Waals surface area contributed by atoms with Gasteiger partial charge >= 0.3 is 5.97 Å². The van der Waals surface area contributed by atoms with Gasteiger partial charge < -0.3 is 14.8 Å². The molecule has 0 unspecified atom stereocenters. The molecule has 2 aromatic rings. The molecule has 2 rings (SSSR count). The highest BCUT2D eigenvalue weighted by atomic mass is 35.5. The Morgan fingerprint density at radius 1 is 1.08 bits per heavy atom. The smallest absolute Gasteiger partial charge is 0.344 e. The van der Waals surface area contributed by atoms with Crippen molar-refractivity contribution in [2.45, 2.75) is 26.8 Å². The fourth-order valence-electron chi connectivity index (χ4n) is 2.49. The van der Waals surface area contributed by atoms with Crippen molar-refractivity contribution in [1.82, 2.24) is 5.32 Å². The zero-order chi connectivity index (χ0) is 19.1. The number of hydrogen-bond donors (Lipinski definition) is 1. The summed E-state index contributed by atoms with van der Waals surface area (Å²) in [4.78, 5) is 23.7. The van der Waals surface area contributed by atoms with Crippen molar-refractivity contribution < 1.29 is 19.1 Å². The molecular weight excluding hydrogens is 354 g/mol. The van der Waals surface area contributed by atoms with Gasteiger partial charge in [-0.05, 0) is 61.7 Å². The second kappa shape index (κ2) is 9.25. The maximum Gasteiger partial charge on any atom is 0.344 e. The number of benzene rings is 2. The number of halogens is 1. The predicted molar refractivity (Wildman–Crippen MR) is 100 cm³/mol. The predicted octanol–water partition coefficient (Wildman–Crippen LogP) is 3.76. The Bertz CT molecular complexity index is 771. The fraction of sp³-hybridized carbons (Fsp3) is 0.300. The summed E-state index contributed by atoms with van der Waals surface area (Å²) in [6.45, 7) is 5.11. The molecular formula is C20H22ClNO4. The molecule has 0 aromatic heterocycles. The summed E-state index contributed by atoms with van der Waals surface area (Å²) in [7, 11) is 0. The van der Waals surface area contributed by atoms with E-state index >= 15 is 0 Å². The third-order valence-corrected chi connectivity index (χ3v) is 3.88. The monoisotopic (exact) mass is 375 g/mol. The van der Waals surface area contributed by atoms with Crippen LogP contribution in [-0.4, -0.2) is 25.1 Å². The van der Waals surface area contributed by atoms with E-state index in [0.29, 0.717) is 10.8 Å². The van der Waals surface area contributed by atoms with Crippen LogP contribution in [0.25, 0.3) is 0 Å². The Morgan fingerprint density at radius 3 is 2.42 bits per heavy atom. The van der Waals surface area contributed by atoms with Crippen LogP contribution in [0, 0.1) is 13.8 Å². The second-order valence-corrected chi connectivity index (χ2v) is 6.55. The van der Waals surface area contributed by atoms with Crippen LogP contribution in [-0.2, 0) is 14.3 Å². The minimum Gasteiger partial charge on any atom is -0.482 e. The summed E-state index contributed by atoms with van der Waals surface area (Å²) in [6, 6.07) is 12.6. The number of carbonyl (C=O) groups excluding carboxylic acids is 2. The van der Waals surface area contributed by atoms with Gasteiger partial charge in [0, 0.05) is 5.02 Å². The first-order valence-electron chi connectivity index (χ1n) is 8.25. The first-order chi connectivity index (χ1) is 12.3. The zero-order valence-corrected chi connectivity index (χ0v) is 15.8. The Morgan fingerprint density at radius 2 is 1.77 bits per heavy atom. The standard InChI is InChI=1S/C20H22ClNO4/c1-13-7-14(2)9-18(8-13)25-12-20(24)26-11-19(23)22-15(3)16-5-4-6-17(21)10-16/h4-10,15H,11-12H2,1-3H3,(H,22,23)/t15-/m1/s1. The lowest BCUT2D eigenvalue weighted by Crippen LogP contribution is -2.31. The normalized spacial score (nSPS) is 11.5. The fourth-order valence-corrected chi connectivity index (χ4v) is 2.69. The van der Waals surface area contributed by atoms with Crippen molar-refractivity contribution in [3.8, 4) is 5.75 Å². The molecule has 1 amide bonds. The van der Waals surface area contributed by atoms with Gasteiger partial charge in [-0.2, -0.15) is 0 Å². The summed E-state index contributed by atoms with van der Waals surface area (Å²) in [5, 5.41) is 3.35. The van der Waals surface area contributed by atoms with E-state index in [1.165, 1.54) is 0 Å². The van der Waals surface area contributed by atoms with Crippen molar-refractivity contribution in [1.29, 1.82) is 0 Å². The van der Waals surface area contributed by atoms with Gasteiger partial charge in [0.1, 0.15) is 5.75 Å². The average Bonchev–Trinajstić information content (AvgIpc) is 2.57. The molecule has 2 aromatic carbocycles. The number of nitrogens with one attached hydrogen (secondary N) is 1. The largest absolute Gasteiger partial charge is 0.482 e. The third kappa shape index (κ3) is 6.41. The third-order valence-electron chi connectivity index (χ3n) is 3.64. The molecule has 0 saturated heterocycles. The quantitative estimate of drug-likeness (QED) is 0.748. The summed E-state index contributed by atoms with van der Waals surface area (Å²) >= 11 is 5.94. The Hall–Kier alpha value is -2.53. The first-order valence-corrected chi connectivity index (χ1v) is 8.63. The SMILES string of the molecule is Cc1cc(C)cc(OCC(=O)OCC(=O)N[C@H](C)c2cccc(Cl)c2)c1. The molecule has 138 valence electrons. The topological polar surface area (TPSA) is 64.6 Å². The Labute approximate surface area is 158 Å². The van der Waals surface area contributed by atoms with E-state index < -0.39 is 11.9 Å². The van der Waals surface area contributed by atoms with Gasteiger partial charge in [0.15, 0.2) is 13.2 Å². The van der Waals surface area contributed by atoms with Crippen LogP contribution < -0.4 is 10.1 Å². The van der Waals surface area contributed by atoms with E-state index in [1.807, 2.05) is 51.1 Å². The van der Waals surface area contributed by atoms with Gasteiger partial charge in [0.25, 0.3) is 5.91 Å². The summed E-state index contributed by atoms with van der Waals surface area (Å²) in [5.41, 5.74) is 2.96. The molecule has 0 radical (unpaired) electrons. The van der Waals surface area contributed by atoms with E-state index in [1.54, 1.807) is 12.1 Å². The molecule has 6 heteroatoms. The van der Waals surface area contributed by atoms with Crippen LogP contribution >= 0.6 is 11.6 Å². The molecule has 0 aliphatic carbocycles. The van der Waals surface area contributed by atoms with Crippen LogP contribution in [0.4, 0.5) is 0 Å². The summed E-state index contributed by atoms with van der Waals surface area (Å²) in [5.74, 6) is -0.398. The number of hydrogen-bond acceptors (Lipinski definition) is 4. The number of carbonyl (C=O) groups is 2. The Balaban J connectivity index is 1.75. The van der Waals surface area contributed by atoms with Crippen LogP contribution in [0.1, 0.15) is 29.7 Å². The lowest BCUT2D eigenvalue weighted by Gasteiger charge is -2.14. The van der Waals surface area contributed by atoms with Gasteiger partial charge in [-0.15, -0.1) is 0 Å². The van der Waals surface area contributed by atoms with Crippen LogP contribution in [0.15, 0.2) is 42.5 Å². The maximum atomic E-state index is 11.9.